The van der Waals surface area contributed by atoms with Gasteiger partial charge in [-0.15, -0.1) is 0 Å². The molecule has 0 bridgehead atoms. The highest BCUT2D eigenvalue weighted by molar-refractivity contribution is 6.31. The van der Waals surface area contributed by atoms with Gasteiger partial charge in [-0.2, -0.15) is 0 Å². The molecule has 4 heteroatoms. The van der Waals surface area contributed by atoms with Crippen molar-refractivity contribution in [1.82, 2.24) is 5.06 Å². The second-order valence-corrected chi connectivity index (χ2v) is 4.91. The molecule has 0 spiro atoms. The van der Waals surface area contributed by atoms with Crippen LogP contribution >= 0.6 is 11.6 Å². The van der Waals surface area contributed by atoms with E-state index in [0.717, 1.165) is 17.0 Å². The van der Waals surface area contributed by atoms with Crippen molar-refractivity contribution in [2.45, 2.75) is 18.4 Å². The summed E-state index contributed by atoms with van der Waals surface area (Å²) >= 11 is 6.13. The van der Waals surface area contributed by atoms with E-state index in [-0.39, 0.29) is 23.8 Å². The van der Waals surface area contributed by atoms with Gasteiger partial charge in [-0.05, 0) is 18.1 Å². The zero-order chi connectivity index (χ0) is 12.0. The van der Waals surface area contributed by atoms with E-state index in [9.17, 15) is 10.0 Å². The summed E-state index contributed by atoms with van der Waals surface area (Å²) in [5.74, 6) is -0.474. The van der Waals surface area contributed by atoms with E-state index >= 15 is 0 Å². The summed E-state index contributed by atoms with van der Waals surface area (Å²) in [7, 11) is 0. The molecule has 1 fully saturated rings. The first-order chi connectivity index (χ1) is 8.20. The Morgan fingerprint density at radius 2 is 2.12 bits per heavy atom. The first-order valence-electron chi connectivity index (χ1n) is 5.63. The van der Waals surface area contributed by atoms with E-state index in [2.05, 4.69) is 0 Å². The predicted octanol–water partition coefficient (Wildman–Crippen LogP) is 2.60. The molecule has 0 saturated carbocycles. The molecule has 88 valence electrons. The van der Waals surface area contributed by atoms with Crippen molar-refractivity contribution in [1.29, 1.82) is 0 Å². The molecule has 1 amide bonds. The number of nitrogens with zero attached hydrogens (tertiary/aromatic N) is 1. The minimum Gasteiger partial charge on any atom is -0.285 e. The number of amides is 1. The van der Waals surface area contributed by atoms with Gasteiger partial charge < -0.3 is 0 Å². The number of halogens is 1. The fourth-order valence-electron chi connectivity index (χ4n) is 2.82. The quantitative estimate of drug-likeness (QED) is 0.614. The van der Waals surface area contributed by atoms with Crippen molar-refractivity contribution < 1.29 is 10.0 Å². The largest absolute Gasteiger partial charge is 0.285 e. The summed E-state index contributed by atoms with van der Waals surface area (Å²) in [4.78, 5) is 12.1. The Bertz CT molecular complexity index is 500. The molecule has 1 aromatic rings. The number of rotatable bonds is 1. The molecule has 3 atom stereocenters. The molecule has 0 aromatic heterocycles. The van der Waals surface area contributed by atoms with E-state index in [1.54, 1.807) is 6.07 Å². The molecular weight excluding hydrogens is 238 g/mol. The molecule has 17 heavy (non-hydrogen) atoms. The van der Waals surface area contributed by atoms with Crippen LogP contribution in [0.15, 0.2) is 36.4 Å². The Morgan fingerprint density at radius 1 is 1.35 bits per heavy atom. The summed E-state index contributed by atoms with van der Waals surface area (Å²) < 4.78 is 0. The minimum atomic E-state index is -0.325. The molecule has 3 nitrogen and oxygen atoms in total. The minimum absolute atomic E-state index is 0.104. The number of fused-ring (bicyclic) bond motifs is 1. The topological polar surface area (TPSA) is 40.5 Å². The molecule has 1 aliphatic heterocycles. The Kier molecular flexibility index (Phi) is 2.45. The number of hydrogen-bond donors (Lipinski definition) is 1. The second-order valence-electron chi connectivity index (χ2n) is 4.50. The Balaban J connectivity index is 2.04. The average Bonchev–Trinajstić information content (AvgIpc) is 2.86. The highest BCUT2D eigenvalue weighted by Gasteiger charge is 2.49. The van der Waals surface area contributed by atoms with Gasteiger partial charge in [0.05, 0.1) is 12.0 Å². The normalized spacial score (nSPS) is 31.1. The monoisotopic (exact) mass is 249 g/mol. The number of hydrogen-bond acceptors (Lipinski definition) is 2. The van der Waals surface area contributed by atoms with Crippen LogP contribution in [0.4, 0.5) is 0 Å². The third-order valence-electron chi connectivity index (χ3n) is 3.62. The molecule has 2 aliphatic rings. The van der Waals surface area contributed by atoms with Gasteiger partial charge >= 0.3 is 0 Å². The summed E-state index contributed by atoms with van der Waals surface area (Å²) in [6, 6.07) is 7.16. The number of benzene rings is 1. The van der Waals surface area contributed by atoms with E-state index in [0.29, 0.717) is 5.02 Å². The van der Waals surface area contributed by atoms with Crippen molar-refractivity contribution in [2.24, 2.45) is 5.92 Å². The van der Waals surface area contributed by atoms with Gasteiger partial charge in [0.1, 0.15) is 0 Å². The lowest BCUT2D eigenvalue weighted by Crippen LogP contribution is -2.29. The van der Waals surface area contributed by atoms with Crippen LogP contribution in [0.3, 0.4) is 0 Å². The maximum atomic E-state index is 12.1. The van der Waals surface area contributed by atoms with Crippen LogP contribution < -0.4 is 0 Å². The smallest absolute Gasteiger partial charge is 0.254 e. The fraction of sp³-hybridized carbons (Fsp3) is 0.308. The third-order valence-corrected chi connectivity index (χ3v) is 3.97. The molecule has 1 aliphatic carbocycles. The maximum Gasteiger partial charge on any atom is 0.254 e. The second kappa shape index (κ2) is 3.86. The van der Waals surface area contributed by atoms with E-state index in [1.807, 2.05) is 30.4 Å². The van der Waals surface area contributed by atoms with Crippen molar-refractivity contribution in [3.05, 3.63) is 47.0 Å². The molecule has 1 saturated heterocycles. The first-order valence-corrected chi connectivity index (χ1v) is 6.01. The molecule has 0 unspecified atom stereocenters. The maximum absolute atomic E-state index is 12.1. The highest BCUT2D eigenvalue weighted by Crippen LogP contribution is 2.44. The molecule has 1 heterocycles. The van der Waals surface area contributed by atoms with Crippen LogP contribution in [0, 0.1) is 5.92 Å². The molecule has 1 N–H and O–H groups in total. The lowest BCUT2D eigenvalue weighted by atomic mass is 9.85. The summed E-state index contributed by atoms with van der Waals surface area (Å²) in [5.41, 5.74) is 0.814. The Morgan fingerprint density at radius 3 is 2.88 bits per heavy atom. The third kappa shape index (κ3) is 1.50. The lowest BCUT2D eigenvalue weighted by molar-refractivity contribution is -0.163. The van der Waals surface area contributed by atoms with E-state index in [4.69, 9.17) is 11.6 Å². The molecule has 1 aromatic carbocycles. The van der Waals surface area contributed by atoms with Crippen molar-refractivity contribution in [2.75, 3.05) is 0 Å². The van der Waals surface area contributed by atoms with Crippen LogP contribution in [0.2, 0.25) is 5.02 Å². The SMILES string of the molecule is O=C1[C@H](c2ccccc2Cl)[C@H]2CC=C[C@@H]2N1O. The van der Waals surface area contributed by atoms with Crippen molar-refractivity contribution >= 4 is 17.5 Å². The molecule has 0 radical (unpaired) electrons. The number of carbonyl (C=O) groups is 1. The lowest BCUT2D eigenvalue weighted by Gasteiger charge is -2.16. The van der Waals surface area contributed by atoms with Gasteiger partial charge in [-0.25, -0.2) is 5.06 Å². The van der Waals surface area contributed by atoms with Gasteiger partial charge in [0, 0.05) is 10.9 Å². The van der Waals surface area contributed by atoms with Gasteiger partial charge in [0.2, 0.25) is 0 Å². The Labute approximate surface area is 104 Å². The average molecular weight is 250 g/mol. The van der Waals surface area contributed by atoms with E-state index < -0.39 is 0 Å². The van der Waals surface area contributed by atoms with Gasteiger partial charge in [-0.1, -0.05) is 42.0 Å². The summed E-state index contributed by atoms with van der Waals surface area (Å²) in [6.07, 6.45) is 4.71. The standard InChI is InChI=1S/C13H12ClNO2/c14-10-6-2-1-4-8(10)12-9-5-3-7-11(9)15(17)13(12)16/h1-4,6-7,9,11-12,17H,5H2/t9-,11-,12+/m0/s1. The predicted molar refractivity (Wildman–Crippen MR) is 63.9 cm³/mol. The number of hydroxylamine groups is 2. The summed E-state index contributed by atoms with van der Waals surface area (Å²) in [6.45, 7) is 0. The van der Waals surface area contributed by atoms with Crippen LogP contribution in [-0.2, 0) is 4.79 Å². The van der Waals surface area contributed by atoms with Gasteiger partial charge in [0.15, 0.2) is 0 Å². The fourth-order valence-corrected chi connectivity index (χ4v) is 3.07. The van der Waals surface area contributed by atoms with Crippen molar-refractivity contribution in [3.63, 3.8) is 0 Å². The number of carbonyl (C=O) groups excluding carboxylic acids is 1. The van der Waals surface area contributed by atoms with Crippen LogP contribution in [-0.4, -0.2) is 22.2 Å². The molecular formula is C13H12ClNO2. The van der Waals surface area contributed by atoms with E-state index in [1.165, 1.54) is 0 Å². The summed E-state index contributed by atoms with van der Waals surface area (Å²) in [5, 5.41) is 11.2. The first kappa shape index (κ1) is 10.8. The Hall–Kier alpha value is -1.32. The zero-order valence-electron chi connectivity index (χ0n) is 9.08. The van der Waals surface area contributed by atoms with Crippen LogP contribution in [0.5, 0.6) is 0 Å². The van der Waals surface area contributed by atoms with Crippen LogP contribution in [0.1, 0.15) is 17.9 Å². The van der Waals surface area contributed by atoms with Crippen LogP contribution in [0.25, 0.3) is 0 Å². The van der Waals surface area contributed by atoms with Gasteiger partial charge in [-0.3, -0.25) is 10.0 Å². The number of allylic oxidation sites excluding steroid dienone is 1. The molecule has 3 rings (SSSR count). The zero-order valence-corrected chi connectivity index (χ0v) is 9.84. The van der Waals surface area contributed by atoms with Gasteiger partial charge in [0.25, 0.3) is 5.91 Å². The highest BCUT2D eigenvalue weighted by atomic mass is 35.5. The van der Waals surface area contributed by atoms with Crippen molar-refractivity contribution in [3.8, 4) is 0 Å².